The number of nitrogens with zero attached hydrogens (tertiary/aromatic N) is 2. The third kappa shape index (κ3) is 3.17. The first-order valence-electron chi connectivity index (χ1n) is 7.73. The number of rotatable bonds is 5. The molecule has 0 aromatic carbocycles. The van der Waals surface area contributed by atoms with Crippen molar-refractivity contribution in [1.82, 2.24) is 9.29 Å². The third-order valence-electron chi connectivity index (χ3n) is 4.37. The van der Waals surface area contributed by atoms with E-state index in [1.54, 1.807) is 23.6 Å². The van der Waals surface area contributed by atoms with Gasteiger partial charge in [-0.1, -0.05) is 0 Å². The Bertz CT molecular complexity index is 593. The molecule has 2 aliphatic heterocycles. The maximum Gasteiger partial charge on any atom is 0.214 e. The van der Waals surface area contributed by atoms with E-state index in [2.05, 4.69) is 4.98 Å². The summed E-state index contributed by atoms with van der Waals surface area (Å²) in [6.07, 6.45) is 4.83. The van der Waals surface area contributed by atoms with Gasteiger partial charge in [-0.15, -0.1) is 0 Å². The zero-order valence-electron chi connectivity index (χ0n) is 12.7. The standard InChI is InChI=1S/C15H22N2O4S/c1-2-22(18,19)17-10-14(15-13(17)4-3-9-20-15)21-11-12-5-7-16-8-6-12/h5-8,13-15H,2-4,9-11H2,1H3/t13-,14-,15+/m1/s1. The smallest absolute Gasteiger partial charge is 0.214 e. The molecule has 3 atom stereocenters. The van der Waals surface area contributed by atoms with Crippen molar-refractivity contribution in [3.8, 4) is 0 Å². The van der Waals surface area contributed by atoms with Crippen LogP contribution in [0.5, 0.6) is 0 Å². The highest BCUT2D eigenvalue weighted by atomic mass is 32.2. The second-order valence-corrected chi connectivity index (χ2v) is 7.93. The van der Waals surface area contributed by atoms with E-state index < -0.39 is 10.0 Å². The van der Waals surface area contributed by atoms with Crippen LogP contribution in [0.3, 0.4) is 0 Å². The zero-order valence-corrected chi connectivity index (χ0v) is 13.5. The van der Waals surface area contributed by atoms with Crippen molar-refractivity contribution < 1.29 is 17.9 Å². The molecule has 3 rings (SSSR count). The van der Waals surface area contributed by atoms with Crippen molar-refractivity contribution in [2.75, 3.05) is 18.9 Å². The Labute approximate surface area is 131 Å². The fourth-order valence-electron chi connectivity index (χ4n) is 3.18. The predicted molar refractivity (Wildman–Crippen MR) is 81.7 cm³/mol. The highest BCUT2D eigenvalue weighted by molar-refractivity contribution is 7.89. The van der Waals surface area contributed by atoms with Crippen LogP contribution in [0.1, 0.15) is 25.3 Å². The molecule has 0 radical (unpaired) electrons. The first-order chi connectivity index (χ1) is 10.6. The normalized spacial score (nSPS) is 29.4. The van der Waals surface area contributed by atoms with E-state index in [0.29, 0.717) is 19.8 Å². The molecular formula is C15H22N2O4S. The van der Waals surface area contributed by atoms with Gasteiger partial charge in [0.25, 0.3) is 0 Å². The lowest BCUT2D eigenvalue weighted by molar-refractivity contribution is -0.0802. The molecule has 0 bridgehead atoms. The molecule has 0 unspecified atom stereocenters. The second-order valence-electron chi connectivity index (χ2n) is 5.72. The highest BCUT2D eigenvalue weighted by Gasteiger charge is 2.48. The van der Waals surface area contributed by atoms with Crippen LogP contribution in [-0.2, 0) is 26.1 Å². The summed E-state index contributed by atoms with van der Waals surface area (Å²) in [7, 11) is -3.22. The summed E-state index contributed by atoms with van der Waals surface area (Å²) in [6.45, 7) is 3.19. The average molecular weight is 326 g/mol. The minimum Gasteiger partial charge on any atom is -0.374 e. The summed E-state index contributed by atoms with van der Waals surface area (Å²) in [4.78, 5) is 3.98. The van der Waals surface area contributed by atoms with E-state index in [1.165, 1.54) is 0 Å². The minimum absolute atomic E-state index is 0.0823. The Morgan fingerprint density at radius 1 is 1.41 bits per heavy atom. The van der Waals surface area contributed by atoms with E-state index >= 15 is 0 Å². The van der Waals surface area contributed by atoms with E-state index in [4.69, 9.17) is 9.47 Å². The third-order valence-corrected chi connectivity index (χ3v) is 6.23. The summed E-state index contributed by atoms with van der Waals surface area (Å²) in [5, 5.41) is 0. The van der Waals surface area contributed by atoms with Crippen molar-refractivity contribution in [3.05, 3.63) is 30.1 Å². The number of sulfonamides is 1. The van der Waals surface area contributed by atoms with Crippen LogP contribution < -0.4 is 0 Å². The van der Waals surface area contributed by atoms with Crippen LogP contribution in [0.2, 0.25) is 0 Å². The number of fused-ring (bicyclic) bond motifs is 1. The van der Waals surface area contributed by atoms with Gasteiger partial charge in [0, 0.05) is 25.5 Å². The lowest BCUT2D eigenvalue weighted by Gasteiger charge is -2.31. The Hall–Kier alpha value is -1.02. The molecule has 0 saturated carbocycles. The van der Waals surface area contributed by atoms with Crippen LogP contribution >= 0.6 is 0 Å². The molecule has 1 aromatic heterocycles. The van der Waals surface area contributed by atoms with E-state index in [1.807, 2.05) is 12.1 Å². The van der Waals surface area contributed by atoms with Gasteiger partial charge in [0.15, 0.2) is 0 Å². The molecular weight excluding hydrogens is 304 g/mol. The number of hydrogen-bond acceptors (Lipinski definition) is 5. The Morgan fingerprint density at radius 3 is 2.91 bits per heavy atom. The predicted octanol–water partition coefficient (Wildman–Crippen LogP) is 1.18. The van der Waals surface area contributed by atoms with Gasteiger partial charge in [0.2, 0.25) is 10.0 Å². The first-order valence-corrected chi connectivity index (χ1v) is 9.34. The van der Waals surface area contributed by atoms with Gasteiger partial charge in [-0.25, -0.2) is 8.42 Å². The maximum atomic E-state index is 12.3. The Morgan fingerprint density at radius 2 is 2.18 bits per heavy atom. The fourth-order valence-corrected chi connectivity index (χ4v) is 4.53. The van der Waals surface area contributed by atoms with Crippen LogP contribution in [0.4, 0.5) is 0 Å². The molecule has 122 valence electrons. The van der Waals surface area contributed by atoms with E-state index in [-0.39, 0.29) is 24.0 Å². The summed E-state index contributed by atoms with van der Waals surface area (Å²) >= 11 is 0. The Balaban J connectivity index is 1.71. The zero-order chi connectivity index (χ0) is 15.6. The molecule has 22 heavy (non-hydrogen) atoms. The Kier molecular flexibility index (Phi) is 4.77. The molecule has 7 heteroatoms. The first kappa shape index (κ1) is 15.9. The molecule has 0 amide bonds. The molecule has 0 N–H and O–H groups in total. The van der Waals surface area contributed by atoms with Crippen LogP contribution in [-0.4, -0.2) is 54.9 Å². The van der Waals surface area contributed by atoms with Crippen LogP contribution in [0.15, 0.2) is 24.5 Å². The number of hydrogen-bond donors (Lipinski definition) is 0. The second kappa shape index (κ2) is 6.62. The quantitative estimate of drug-likeness (QED) is 0.813. The SMILES string of the molecule is CCS(=O)(=O)N1C[C@@H](OCc2ccncc2)[C@H]2OCCC[C@H]21. The molecule has 2 fully saturated rings. The van der Waals surface area contributed by atoms with Gasteiger partial charge < -0.3 is 9.47 Å². The van der Waals surface area contributed by atoms with E-state index in [0.717, 1.165) is 18.4 Å². The highest BCUT2D eigenvalue weighted by Crippen LogP contribution is 2.33. The van der Waals surface area contributed by atoms with Gasteiger partial charge >= 0.3 is 0 Å². The summed E-state index contributed by atoms with van der Waals surface area (Å²) in [5.41, 5.74) is 1.03. The van der Waals surface area contributed by atoms with Crippen molar-refractivity contribution >= 4 is 10.0 Å². The largest absolute Gasteiger partial charge is 0.374 e. The minimum atomic E-state index is -3.22. The molecule has 2 saturated heterocycles. The van der Waals surface area contributed by atoms with Crippen molar-refractivity contribution in [1.29, 1.82) is 0 Å². The summed E-state index contributed by atoms with van der Waals surface area (Å²) in [5.74, 6) is 0.118. The maximum absolute atomic E-state index is 12.3. The monoisotopic (exact) mass is 326 g/mol. The van der Waals surface area contributed by atoms with E-state index in [9.17, 15) is 8.42 Å². The molecule has 0 aliphatic carbocycles. The van der Waals surface area contributed by atoms with Gasteiger partial charge in [0.05, 0.1) is 24.5 Å². The van der Waals surface area contributed by atoms with Crippen molar-refractivity contribution in [2.24, 2.45) is 0 Å². The molecule has 0 spiro atoms. The summed E-state index contributed by atoms with van der Waals surface area (Å²) < 4.78 is 38.0. The average Bonchev–Trinajstić information content (AvgIpc) is 2.94. The number of ether oxygens (including phenoxy) is 2. The molecule has 1 aromatic rings. The molecule has 3 heterocycles. The van der Waals surface area contributed by atoms with Gasteiger partial charge in [-0.05, 0) is 37.5 Å². The van der Waals surface area contributed by atoms with Gasteiger partial charge in [-0.2, -0.15) is 4.31 Å². The van der Waals surface area contributed by atoms with Gasteiger partial charge in [-0.3, -0.25) is 4.98 Å². The van der Waals surface area contributed by atoms with Crippen LogP contribution in [0.25, 0.3) is 0 Å². The topological polar surface area (TPSA) is 68.7 Å². The molecule has 2 aliphatic rings. The fraction of sp³-hybridized carbons (Fsp3) is 0.667. The lowest BCUT2D eigenvalue weighted by atomic mass is 10.0. The van der Waals surface area contributed by atoms with Crippen molar-refractivity contribution in [2.45, 2.75) is 44.6 Å². The summed E-state index contributed by atoms with van der Waals surface area (Å²) in [6, 6.07) is 3.71. The lowest BCUT2D eigenvalue weighted by Crippen LogP contribution is -2.44. The van der Waals surface area contributed by atoms with Gasteiger partial charge in [0.1, 0.15) is 6.10 Å². The number of pyridine rings is 1. The van der Waals surface area contributed by atoms with Crippen molar-refractivity contribution in [3.63, 3.8) is 0 Å². The van der Waals surface area contributed by atoms with Crippen LogP contribution in [0, 0.1) is 0 Å². The number of aromatic nitrogens is 1. The molecule has 6 nitrogen and oxygen atoms in total.